The van der Waals surface area contributed by atoms with E-state index in [2.05, 4.69) is 10.3 Å². The molecule has 1 unspecified atom stereocenters. The Balaban J connectivity index is 2.28. The normalized spacial score (nSPS) is 12.2. The zero-order valence-corrected chi connectivity index (χ0v) is 11.6. The first kappa shape index (κ1) is 13.6. The minimum atomic E-state index is -0.416. The SMILES string of the molecule is CCOC(=O)C(C)Nc1ccnc2cc(Cl)ccc12. The largest absolute Gasteiger partial charge is 0.464 e. The van der Waals surface area contributed by atoms with E-state index in [1.165, 1.54) is 0 Å². The second-order valence-corrected chi connectivity index (χ2v) is 4.57. The molecular weight excluding hydrogens is 264 g/mol. The van der Waals surface area contributed by atoms with Gasteiger partial charge in [-0.3, -0.25) is 4.98 Å². The van der Waals surface area contributed by atoms with Gasteiger partial charge >= 0.3 is 5.97 Å². The first-order chi connectivity index (χ1) is 9.11. The van der Waals surface area contributed by atoms with Crippen molar-refractivity contribution in [3.8, 4) is 0 Å². The van der Waals surface area contributed by atoms with E-state index in [0.29, 0.717) is 11.6 Å². The number of nitrogens with one attached hydrogen (secondary N) is 1. The van der Waals surface area contributed by atoms with Crippen LogP contribution in [0.25, 0.3) is 10.9 Å². The number of aromatic nitrogens is 1. The number of pyridine rings is 1. The predicted octanol–water partition coefficient (Wildman–Crippen LogP) is 3.25. The lowest BCUT2D eigenvalue weighted by Gasteiger charge is -2.15. The highest BCUT2D eigenvalue weighted by atomic mass is 35.5. The molecule has 1 aromatic heterocycles. The highest BCUT2D eigenvalue weighted by Gasteiger charge is 2.14. The van der Waals surface area contributed by atoms with E-state index in [-0.39, 0.29) is 5.97 Å². The molecule has 2 rings (SSSR count). The van der Waals surface area contributed by atoms with E-state index >= 15 is 0 Å². The molecule has 0 fully saturated rings. The number of fused-ring (bicyclic) bond motifs is 1. The van der Waals surface area contributed by atoms with Crippen LogP contribution in [-0.2, 0) is 9.53 Å². The van der Waals surface area contributed by atoms with Crippen molar-refractivity contribution in [1.82, 2.24) is 4.98 Å². The first-order valence-corrected chi connectivity index (χ1v) is 6.47. The number of carbonyl (C=O) groups is 1. The molecule has 0 aliphatic rings. The number of nitrogens with zero attached hydrogens (tertiary/aromatic N) is 1. The van der Waals surface area contributed by atoms with Crippen LogP contribution in [0, 0.1) is 0 Å². The van der Waals surface area contributed by atoms with Crippen molar-refractivity contribution in [2.45, 2.75) is 19.9 Å². The van der Waals surface area contributed by atoms with Crippen molar-refractivity contribution < 1.29 is 9.53 Å². The second kappa shape index (κ2) is 5.89. The van der Waals surface area contributed by atoms with Crippen molar-refractivity contribution in [2.75, 3.05) is 11.9 Å². The molecule has 0 spiro atoms. The van der Waals surface area contributed by atoms with Crippen molar-refractivity contribution in [3.05, 3.63) is 35.5 Å². The molecule has 19 heavy (non-hydrogen) atoms. The minimum Gasteiger partial charge on any atom is -0.464 e. The second-order valence-electron chi connectivity index (χ2n) is 4.14. The zero-order valence-electron chi connectivity index (χ0n) is 10.8. The van der Waals surface area contributed by atoms with Crippen LogP contribution in [0.15, 0.2) is 30.5 Å². The standard InChI is InChI=1S/C14H15ClN2O2/c1-3-19-14(18)9(2)17-12-6-7-16-13-8-10(15)4-5-11(12)13/h4-9H,3H2,1-2H3,(H,16,17). The number of ether oxygens (including phenoxy) is 1. The Morgan fingerprint density at radius 3 is 3.00 bits per heavy atom. The number of rotatable bonds is 4. The number of hydrogen-bond donors (Lipinski definition) is 1. The molecule has 1 atom stereocenters. The molecule has 100 valence electrons. The summed E-state index contributed by atoms with van der Waals surface area (Å²) in [7, 11) is 0. The summed E-state index contributed by atoms with van der Waals surface area (Å²) >= 11 is 5.93. The third kappa shape index (κ3) is 3.15. The van der Waals surface area contributed by atoms with E-state index < -0.39 is 6.04 Å². The summed E-state index contributed by atoms with van der Waals surface area (Å²) in [6.45, 7) is 3.92. The molecule has 4 nitrogen and oxygen atoms in total. The van der Waals surface area contributed by atoms with Crippen LogP contribution in [-0.4, -0.2) is 23.6 Å². The molecule has 0 radical (unpaired) electrons. The van der Waals surface area contributed by atoms with Crippen molar-refractivity contribution in [3.63, 3.8) is 0 Å². The molecular formula is C14H15ClN2O2. The fourth-order valence-corrected chi connectivity index (χ4v) is 1.97. The molecule has 1 heterocycles. The maximum absolute atomic E-state index is 11.6. The Morgan fingerprint density at radius 2 is 2.26 bits per heavy atom. The Bertz CT molecular complexity index is 601. The van der Waals surface area contributed by atoms with Gasteiger partial charge in [-0.05, 0) is 38.1 Å². The van der Waals surface area contributed by atoms with Crippen LogP contribution in [0.5, 0.6) is 0 Å². The lowest BCUT2D eigenvalue weighted by atomic mass is 10.1. The Hall–Kier alpha value is -1.81. The molecule has 1 aromatic carbocycles. The molecule has 0 bridgehead atoms. The van der Waals surface area contributed by atoms with Crippen LogP contribution in [0.2, 0.25) is 5.02 Å². The average molecular weight is 279 g/mol. The maximum atomic E-state index is 11.6. The topological polar surface area (TPSA) is 51.2 Å². The van der Waals surface area contributed by atoms with Crippen LogP contribution < -0.4 is 5.32 Å². The summed E-state index contributed by atoms with van der Waals surface area (Å²) in [6, 6.07) is 6.88. The number of esters is 1. The molecule has 0 saturated carbocycles. The average Bonchev–Trinajstić information content (AvgIpc) is 2.38. The summed E-state index contributed by atoms with van der Waals surface area (Å²) in [4.78, 5) is 15.9. The fourth-order valence-electron chi connectivity index (χ4n) is 1.81. The number of carbonyl (C=O) groups excluding carboxylic acids is 1. The van der Waals surface area contributed by atoms with Crippen molar-refractivity contribution in [2.24, 2.45) is 0 Å². The van der Waals surface area contributed by atoms with Gasteiger partial charge in [-0.15, -0.1) is 0 Å². The van der Waals surface area contributed by atoms with E-state index in [9.17, 15) is 4.79 Å². The number of benzene rings is 1. The molecule has 2 aromatic rings. The van der Waals surface area contributed by atoms with E-state index in [1.54, 1.807) is 32.2 Å². The summed E-state index contributed by atoms with van der Waals surface area (Å²) in [5.41, 5.74) is 1.62. The van der Waals surface area contributed by atoms with Gasteiger partial charge in [-0.1, -0.05) is 11.6 Å². The monoisotopic (exact) mass is 278 g/mol. The van der Waals surface area contributed by atoms with Crippen LogP contribution in [0.4, 0.5) is 5.69 Å². The summed E-state index contributed by atoms with van der Waals surface area (Å²) < 4.78 is 4.97. The highest BCUT2D eigenvalue weighted by molar-refractivity contribution is 6.31. The van der Waals surface area contributed by atoms with E-state index in [4.69, 9.17) is 16.3 Å². The van der Waals surface area contributed by atoms with Crippen molar-refractivity contribution in [1.29, 1.82) is 0 Å². The zero-order chi connectivity index (χ0) is 13.8. The molecule has 0 saturated heterocycles. The third-order valence-electron chi connectivity index (χ3n) is 2.72. The number of halogens is 1. The highest BCUT2D eigenvalue weighted by Crippen LogP contribution is 2.24. The fraction of sp³-hybridized carbons (Fsp3) is 0.286. The first-order valence-electron chi connectivity index (χ1n) is 6.09. The summed E-state index contributed by atoms with van der Waals surface area (Å²) in [5.74, 6) is -0.276. The number of anilines is 1. The number of hydrogen-bond acceptors (Lipinski definition) is 4. The van der Waals surface area contributed by atoms with Gasteiger partial charge in [0.05, 0.1) is 12.1 Å². The van der Waals surface area contributed by atoms with E-state index in [0.717, 1.165) is 16.6 Å². The van der Waals surface area contributed by atoms with Gasteiger partial charge in [-0.2, -0.15) is 0 Å². The Kier molecular flexibility index (Phi) is 4.22. The summed E-state index contributed by atoms with van der Waals surface area (Å²) in [6.07, 6.45) is 1.68. The quantitative estimate of drug-likeness (QED) is 0.872. The van der Waals surface area contributed by atoms with Gasteiger partial charge in [0, 0.05) is 22.3 Å². The Morgan fingerprint density at radius 1 is 1.47 bits per heavy atom. The molecule has 1 N–H and O–H groups in total. The molecule has 0 aliphatic heterocycles. The van der Waals surface area contributed by atoms with Crippen LogP contribution in [0.3, 0.4) is 0 Å². The maximum Gasteiger partial charge on any atom is 0.328 e. The Labute approximate surface area is 116 Å². The lowest BCUT2D eigenvalue weighted by molar-refractivity contribution is -0.143. The third-order valence-corrected chi connectivity index (χ3v) is 2.95. The van der Waals surface area contributed by atoms with Crippen LogP contribution in [0.1, 0.15) is 13.8 Å². The molecule has 0 amide bonds. The smallest absolute Gasteiger partial charge is 0.328 e. The minimum absolute atomic E-state index is 0.276. The van der Waals surface area contributed by atoms with Crippen molar-refractivity contribution >= 4 is 34.2 Å². The molecule has 0 aliphatic carbocycles. The molecule has 5 heteroatoms. The lowest BCUT2D eigenvalue weighted by Crippen LogP contribution is -2.28. The van der Waals surface area contributed by atoms with Gasteiger partial charge in [0.25, 0.3) is 0 Å². The van der Waals surface area contributed by atoms with Gasteiger partial charge in [0.15, 0.2) is 0 Å². The van der Waals surface area contributed by atoms with Gasteiger partial charge < -0.3 is 10.1 Å². The van der Waals surface area contributed by atoms with Crippen LogP contribution >= 0.6 is 11.6 Å². The van der Waals surface area contributed by atoms with Gasteiger partial charge in [-0.25, -0.2) is 4.79 Å². The van der Waals surface area contributed by atoms with Gasteiger partial charge in [0.1, 0.15) is 6.04 Å². The summed E-state index contributed by atoms with van der Waals surface area (Å²) in [5, 5.41) is 4.69. The predicted molar refractivity (Wildman–Crippen MR) is 76.5 cm³/mol. The van der Waals surface area contributed by atoms with Gasteiger partial charge in [0.2, 0.25) is 0 Å². The van der Waals surface area contributed by atoms with E-state index in [1.807, 2.05) is 12.1 Å².